The van der Waals surface area contributed by atoms with Crippen molar-refractivity contribution >= 4 is 5.91 Å². The third-order valence-electron chi connectivity index (χ3n) is 5.78. The molecule has 3 heterocycles. The Kier molecular flexibility index (Phi) is 4.13. The zero-order valence-electron chi connectivity index (χ0n) is 14.8. The Morgan fingerprint density at radius 1 is 1.21 bits per heavy atom. The molecule has 1 spiro atoms. The van der Waals surface area contributed by atoms with E-state index in [0.717, 1.165) is 45.5 Å². The number of ether oxygens (including phenoxy) is 1. The molecule has 2 atom stereocenters. The molecule has 3 aliphatic heterocycles. The molecule has 0 aromatic heterocycles. The molecule has 4 heteroatoms. The van der Waals surface area contributed by atoms with E-state index in [1.165, 1.54) is 11.1 Å². The van der Waals surface area contributed by atoms with Gasteiger partial charge in [0, 0.05) is 32.5 Å². The van der Waals surface area contributed by atoms with Gasteiger partial charge in [0.15, 0.2) is 5.72 Å². The Balaban J connectivity index is 1.47. The lowest BCUT2D eigenvalue weighted by molar-refractivity contribution is -0.180. The zero-order chi connectivity index (χ0) is 16.7. The molecule has 4 nitrogen and oxygen atoms in total. The van der Waals surface area contributed by atoms with Crippen molar-refractivity contribution in [2.24, 2.45) is 5.92 Å². The van der Waals surface area contributed by atoms with Gasteiger partial charge in [-0.3, -0.25) is 9.69 Å². The number of benzene rings is 1. The summed E-state index contributed by atoms with van der Waals surface area (Å²) < 4.78 is 6.18. The molecule has 0 radical (unpaired) electrons. The Labute approximate surface area is 144 Å². The van der Waals surface area contributed by atoms with Crippen LogP contribution < -0.4 is 0 Å². The highest BCUT2D eigenvalue weighted by Crippen LogP contribution is 2.45. The normalized spacial score (nSPS) is 30.0. The smallest absolute Gasteiger partial charge is 0.226 e. The number of amides is 1. The first kappa shape index (κ1) is 16.1. The van der Waals surface area contributed by atoms with Crippen LogP contribution in [0.4, 0.5) is 0 Å². The maximum Gasteiger partial charge on any atom is 0.226 e. The summed E-state index contributed by atoms with van der Waals surface area (Å²) in [7, 11) is 0. The molecule has 1 aromatic rings. The van der Waals surface area contributed by atoms with E-state index in [4.69, 9.17) is 4.74 Å². The number of rotatable bonds is 4. The third kappa shape index (κ3) is 2.66. The van der Waals surface area contributed by atoms with Crippen LogP contribution in [0.25, 0.3) is 0 Å². The van der Waals surface area contributed by atoms with Crippen molar-refractivity contribution in [3.05, 3.63) is 35.4 Å². The lowest BCUT2D eigenvalue weighted by Gasteiger charge is -2.42. The van der Waals surface area contributed by atoms with Crippen molar-refractivity contribution in [2.75, 3.05) is 19.7 Å². The number of carbonyl (C=O) groups excluding carboxylic acids is 1. The summed E-state index contributed by atoms with van der Waals surface area (Å²) in [6.07, 6.45) is 3.67. The van der Waals surface area contributed by atoms with Gasteiger partial charge in [-0.05, 0) is 29.9 Å². The molecular weight excluding hydrogens is 300 g/mol. The van der Waals surface area contributed by atoms with Crippen molar-refractivity contribution in [1.82, 2.24) is 9.80 Å². The minimum Gasteiger partial charge on any atom is -0.354 e. The van der Waals surface area contributed by atoms with Crippen LogP contribution in [0, 0.1) is 5.92 Å². The van der Waals surface area contributed by atoms with Gasteiger partial charge in [-0.25, -0.2) is 0 Å². The van der Waals surface area contributed by atoms with Crippen molar-refractivity contribution in [3.63, 3.8) is 0 Å². The predicted octanol–water partition coefficient (Wildman–Crippen LogP) is 2.81. The van der Waals surface area contributed by atoms with Crippen LogP contribution in [0.1, 0.15) is 44.2 Å². The van der Waals surface area contributed by atoms with Crippen LogP contribution in [0.15, 0.2) is 24.3 Å². The Hall–Kier alpha value is -1.39. The first-order valence-electron chi connectivity index (χ1n) is 9.35. The van der Waals surface area contributed by atoms with E-state index in [1.807, 2.05) is 4.90 Å². The molecular formula is C20H28N2O2. The van der Waals surface area contributed by atoms with E-state index >= 15 is 0 Å². The molecule has 24 heavy (non-hydrogen) atoms. The van der Waals surface area contributed by atoms with Crippen molar-refractivity contribution in [2.45, 2.75) is 57.8 Å². The number of likely N-dealkylation sites (tertiary alicyclic amines) is 1. The first-order valence-corrected chi connectivity index (χ1v) is 9.35. The second-order valence-electron chi connectivity index (χ2n) is 7.95. The topological polar surface area (TPSA) is 32.8 Å². The van der Waals surface area contributed by atoms with Gasteiger partial charge in [-0.15, -0.1) is 0 Å². The van der Waals surface area contributed by atoms with Gasteiger partial charge >= 0.3 is 0 Å². The lowest BCUT2D eigenvalue weighted by Crippen LogP contribution is -2.56. The molecule has 3 saturated heterocycles. The highest BCUT2D eigenvalue weighted by Gasteiger charge is 2.60. The highest BCUT2D eigenvalue weighted by atomic mass is 16.5. The van der Waals surface area contributed by atoms with Gasteiger partial charge in [0.05, 0.1) is 12.6 Å². The van der Waals surface area contributed by atoms with E-state index in [2.05, 4.69) is 43.0 Å². The maximum absolute atomic E-state index is 12.4. The van der Waals surface area contributed by atoms with Crippen LogP contribution >= 0.6 is 0 Å². The van der Waals surface area contributed by atoms with Crippen LogP contribution in [-0.4, -0.2) is 47.2 Å². The third-order valence-corrected chi connectivity index (χ3v) is 5.78. The van der Waals surface area contributed by atoms with E-state index in [-0.39, 0.29) is 17.7 Å². The second kappa shape index (κ2) is 6.16. The first-order chi connectivity index (χ1) is 11.6. The quantitative estimate of drug-likeness (QED) is 0.852. The molecule has 3 fully saturated rings. The SMILES string of the molecule is CC(C)Cc1ccc(CN2CC[C@@]34OCCCN3C(=O)C[C@@H]24)cc1. The van der Waals surface area contributed by atoms with Crippen molar-refractivity contribution in [3.8, 4) is 0 Å². The van der Waals surface area contributed by atoms with Crippen molar-refractivity contribution in [1.29, 1.82) is 0 Å². The summed E-state index contributed by atoms with van der Waals surface area (Å²) in [5.41, 5.74) is 2.41. The van der Waals surface area contributed by atoms with Crippen LogP contribution in [-0.2, 0) is 22.5 Å². The molecule has 0 N–H and O–H groups in total. The van der Waals surface area contributed by atoms with Gasteiger partial charge < -0.3 is 9.64 Å². The number of hydrogen-bond donors (Lipinski definition) is 0. The molecule has 0 saturated carbocycles. The molecule has 130 valence electrons. The molecule has 0 aliphatic carbocycles. The Morgan fingerprint density at radius 2 is 1.96 bits per heavy atom. The molecule has 4 rings (SSSR count). The van der Waals surface area contributed by atoms with Gasteiger partial charge in [0.1, 0.15) is 0 Å². The Morgan fingerprint density at radius 3 is 2.71 bits per heavy atom. The largest absolute Gasteiger partial charge is 0.354 e. The molecule has 1 aromatic carbocycles. The molecule has 1 amide bonds. The van der Waals surface area contributed by atoms with E-state index in [0.29, 0.717) is 12.3 Å². The maximum atomic E-state index is 12.4. The average Bonchev–Trinajstić information content (AvgIpc) is 3.03. The van der Waals surface area contributed by atoms with Crippen molar-refractivity contribution < 1.29 is 9.53 Å². The Bertz CT molecular complexity index is 613. The predicted molar refractivity (Wildman–Crippen MR) is 93.4 cm³/mol. The zero-order valence-corrected chi connectivity index (χ0v) is 14.8. The molecule has 3 aliphatic rings. The summed E-state index contributed by atoms with van der Waals surface area (Å²) >= 11 is 0. The highest BCUT2D eigenvalue weighted by molar-refractivity contribution is 5.81. The standard InChI is InChI=1S/C20H28N2O2/c1-15(2)12-16-4-6-17(7-5-16)14-21-10-8-20-18(21)13-19(23)22(20)9-3-11-24-20/h4-7,15,18H,3,8-14H2,1-2H3/t18-,20+/m1/s1. The van der Waals surface area contributed by atoms with E-state index in [1.54, 1.807) is 0 Å². The summed E-state index contributed by atoms with van der Waals surface area (Å²) in [6.45, 7) is 8.10. The fraction of sp³-hybridized carbons (Fsp3) is 0.650. The minimum atomic E-state index is -0.326. The summed E-state index contributed by atoms with van der Waals surface area (Å²) in [6, 6.07) is 9.23. The van der Waals surface area contributed by atoms with Crippen LogP contribution in [0.5, 0.6) is 0 Å². The van der Waals surface area contributed by atoms with Gasteiger partial charge in [-0.2, -0.15) is 0 Å². The molecule has 0 bridgehead atoms. The van der Waals surface area contributed by atoms with E-state index < -0.39 is 0 Å². The minimum absolute atomic E-state index is 0.223. The fourth-order valence-electron chi connectivity index (χ4n) is 4.71. The monoisotopic (exact) mass is 328 g/mol. The van der Waals surface area contributed by atoms with Crippen LogP contribution in [0.3, 0.4) is 0 Å². The van der Waals surface area contributed by atoms with Gasteiger partial charge in [0.25, 0.3) is 0 Å². The summed E-state index contributed by atoms with van der Waals surface area (Å²) in [5, 5.41) is 0. The number of carbonyl (C=O) groups is 1. The fourth-order valence-corrected chi connectivity index (χ4v) is 4.71. The summed E-state index contributed by atoms with van der Waals surface area (Å²) in [4.78, 5) is 16.9. The lowest BCUT2D eigenvalue weighted by atomic mass is 10.0. The second-order valence-corrected chi connectivity index (χ2v) is 7.95. The van der Waals surface area contributed by atoms with E-state index in [9.17, 15) is 4.79 Å². The van der Waals surface area contributed by atoms with Gasteiger partial charge in [0.2, 0.25) is 5.91 Å². The molecule has 0 unspecified atom stereocenters. The average molecular weight is 328 g/mol. The number of hydrogen-bond acceptors (Lipinski definition) is 3. The number of nitrogens with zero attached hydrogens (tertiary/aromatic N) is 2. The van der Waals surface area contributed by atoms with Gasteiger partial charge in [-0.1, -0.05) is 38.1 Å². The summed E-state index contributed by atoms with van der Waals surface area (Å²) in [5.74, 6) is 0.963. The van der Waals surface area contributed by atoms with Crippen LogP contribution in [0.2, 0.25) is 0 Å².